The van der Waals surface area contributed by atoms with Crippen molar-refractivity contribution < 1.29 is 0 Å². The molecule has 0 aliphatic heterocycles. The van der Waals surface area contributed by atoms with Gasteiger partial charge in [0.2, 0.25) is 0 Å². The number of unbranched alkanes of at least 4 members (excludes halogenated alkanes) is 1. The van der Waals surface area contributed by atoms with Crippen LogP contribution in [0.5, 0.6) is 0 Å². The fourth-order valence-corrected chi connectivity index (χ4v) is 5.25. The Labute approximate surface area is 145 Å². The van der Waals surface area contributed by atoms with Crippen molar-refractivity contribution in [3.8, 4) is 6.07 Å². The van der Waals surface area contributed by atoms with Crippen molar-refractivity contribution in [3.05, 3.63) is 0 Å². The molecule has 2 rings (SSSR count). The summed E-state index contributed by atoms with van der Waals surface area (Å²) in [5.41, 5.74) is 0. The molecule has 23 heavy (non-hydrogen) atoms. The molecule has 1 nitrogen and oxygen atoms in total. The van der Waals surface area contributed by atoms with Crippen LogP contribution in [-0.4, -0.2) is 0 Å². The van der Waals surface area contributed by atoms with Gasteiger partial charge in [-0.25, -0.2) is 0 Å². The Hall–Kier alpha value is -0.510. The molecule has 0 heterocycles. The minimum Gasteiger partial charge on any atom is -0.198 e. The lowest BCUT2D eigenvalue weighted by Crippen LogP contribution is -2.24. The van der Waals surface area contributed by atoms with Crippen molar-refractivity contribution in [2.75, 3.05) is 0 Å². The van der Waals surface area contributed by atoms with Gasteiger partial charge in [-0.2, -0.15) is 5.26 Å². The lowest BCUT2D eigenvalue weighted by Gasteiger charge is -2.34. The second kappa shape index (κ2) is 10.4. The van der Waals surface area contributed by atoms with Crippen molar-refractivity contribution >= 4 is 0 Å². The van der Waals surface area contributed by atoms with E-state index in [0.717, 1.165) is 17.8 Å². The summed E-state index contributed by atoms with van der Waals surface area (Å²) in [4.78, 5) is 0. The molecule has 2 fully saturated rings. The van der Waals surface area contributed by atoms with Gasteiger partial charge in [0.15, 0.2) is 0 Å². The smallest absolute Gasteiger partial charge is 0.0658 e. The van der Waals surface area contributed by atoms with Gasteiger partial charge >= 0.3 is 0 Å². The van der Waals surface area contributed by atoms with Gasteiger partial charge in [0, 0.05) is 5.92 Å². The summed E-state index contributed by atoms with van der Waals surface area (Å²) in [6.45, 7) is 4.61. The van der Waals surface area contributed by atoms with Gasteiger partial charge < -0.3 is 0 Å². The Kier molecular flexibility index (Phi) is 8.49. The van der Waals surface area contributed by atoms with E-state index in [9.17, 15) is 5.26 Å². The zero-order chi connectivity index (χ0) is 16.5. The highest BCUT2D eigenvalue weighted by Gasteiger charge is 2.30. The molecule has 2 aliphatic carbocycles. The summed E-state index contributed by atoms with van der Waals surface area (Å²) in [5, 5.41) is 9.70. The van der Waals surface area contributed by atoms with Crippen LogP contribution in [0, 0.1) is 40.9 Å². The van der Waals surface area contributed by atoms with Crippen LogP contribution in [0.15, 0.2) is 0 Å². The van der Waals surface area contributed by atoms with E-state index < -0.39 is 0 Å². The summed E-state index contributed by atoms with van der Waals surface area (Å²) >= 11 is 0. The average molecular weight is 318 g/mol. The molecule has 1 heteroatoms. The standard InChI is InChI=1S/C22H39N/c1-3-5-7-19-8-10-20(11-9-19)16-22(17-23)21-14-12-18(6-4-2)13-15-21/h18-22H,3-16H2,1-2H3. The molecule has 2 aliphatic rings. The van der Waals surface area contributed by atoms with Gasteiger partial charge in [-0.15, -0.1) is 0 Å². The Balaban J connectivity index is 1.70. The third kappa shape index (κ3) is 6.13. The second-order valence-electron chi connectivity index (χ2n) is 8.57. The highest BCUT2D eigenvalue weighted by Crippen LogP contribution is 2.41. The van der Waals surface area contributed by atoms with E-state index in [1.54, 1.807) is 0 Å². The molecule has 0 amide bonds. The predicted octanol–water partition coefficient (Wildman–Crippen LogP) is 7.12. The maximum atomic E-state index is 9.70. The quantitative estimate of drug-likeness (QED) is 0.467. The molecule has 0 saturated heterocycles. The van der Waals surface area contributed by atoms with E-state index in [1.165, 1.54) is 89.9 Å². The lowest BCUT2D eigenvalue weighted by molar-refractivity contribution is 0.178. The normalized spacial score (nSPS) is 33.1. The van der Waals surface area contributed by atoms with E-state index in [-0.39, 0.29) is 0 Å². The highest BCUT2D eigenvalue weighted by atomic mass is 14.4. The van der Waals surface area contributed by atoms with Gasteiger partial charge in [-0.3, -0.25) is 0 Å². The molecule has 0 aromatic rings. The van der Waals surface area contributed by atoms with Crippen LogP contribution in [0.3, 0.4) is 0 Å². The molecule has 2 saturated carbocycles. The van der Waals surface area contributed by atoms with Crippen LogP contribution in [0.4, 0.5) is 0 Å². The Bertz CT molecular complexity index is 339. The third-order valence-electron chi connectivity index (χ3n) is 6.84. The van der Waals surface area contributed by atoms with Gasteiger partial charge in [-0.05, 0) is 42.9 Å². The lowest BCUT2D eigenvalue weighted by atomic mass is 9.70. The van der Waals surface area contributed by atoms with Crippen molar-refractivity contribution in [2.24, 2.45) is 29.6 Å². The van der Waals surface area contributed by atoms with Gasteiger partial charge in [-0.1, -0.05) is 84.5 Å². The topological polar surface area (TPSA) is 23.8 Å². The summed E-state index contributed by atoms with van der Waals surface area (Å²) in [6.07, 6.45) is 19.3. The third-order valence-corrected chi connectivity index (χ3v) is 6.84. The number of hydrogen-bond acceptors (Lipinski definition) is 1. The van der Waals surface area contributed by atoms with Crippen LogP contribution in [0.1, 0.15) is 104 Å². The largest absolute Gasteiger partial charge is 0.198 e. The van der Waals surface area contributed by atoms with Crippen molar-refractivity contribution in [2.45, 2.75) is 104 Å². The first-order valence-electron chi connectivity index (χ1n) is 10.7. The molecule has 0 N–H and O–H groups in total. The minimum absolute atomic E-state index is 0.356. The zero-order valence-corrected chi connectivity index (χ0v) is 15.7. The first kappa shape index (κ1) is 18.8. The van der Waals surface area contributed by atoms with Crippen molar-refractivity contribution in [1.29, 1.82) is 5.26 Å². The van der Waals surface area contributed by atoms with Crippen LogP contribution in [-0.2, 0) is 0 Å². The maximum Gasteiger partial charge on any atom is 0.0658 e. The monoisotopic (exact) mass is 317 g/mol. The van der Waals surface area contributed by atoms with Gasteiger partial charge in [0.05, 0.1) is 6.07 Å². The highest BCUT2D eigenvalue weighted by molar-refractivity contribution is 4.92. The summed E-state index contributed by atoms with van der Waals surface area (Å²) in [7, 11) is 0. The number of rotatable bonds is 8. The van der Waals surface area contributed by atoms with Crippen LogP contribution in [0.2, 0.25) is 0 Å². The molecule has 0 spiro atoms. The fourth-order valence-electron chi connectivity index (χ4n) is 5.25. The summed E-state index contributed by atoms with van der Waals surface area (Å²) in [6, 6.07) is 2.71. The molecule has 0 radical (unpaired) electrons. The van der Waals surface area contributed by atoms with Crippen LogP contribution < -0.4 is 0 Å². The van der Waals surface area contributed by atoms with E-state index in [2.05, 4.69) is 19.9 Å². The van der Waals surface area contributed by atoms with Crippen LogP contribution in [0.25, 0.3) is 0 Å². The van der Waals surface area contributed by atoms with Gasteiger partial charge in [0.25, 0.3) is 0 Å². The first-order valence-corrected chi connectivity index (χ1v) is 10.7. The van der Waals surface area contributed by atoms with E-state index in [4.69, 9.17) is 0 Å². The molecule has 0 aromatic carbocycles. The van der Waals surface area contributed by atoms with Crippen molar-refractivity contribution in [1.82, 2.24) is 0 Å². The van der Waals surface area contributed by atoms with E-state index in [0.29, 0.717) is 11.8 Å². The van der Waals surface area contributed by atoms with Crippen molar-refractivity contribution in [3.63, 3.8) is 0 Å². The summed E-state index contributed by atoms with van der Waals surface area (Å²) < 4.78 is 0. The molecular formula is C22H39N. The minimum atomic E-state index is 0.356. The Morgan fingerprint density at radius 1 is 0.783 bits per heavy atom. The fraction of sp³-hybridized carbons (Fsp3) is 0.955. The molecule has 1 atom stereocenters. The molecule has 0 aromatic heterocycles. The zero-order valence-electron chi connectivity index (χ0n) is 15.7. The van der Waals surface area contributed by atoms with Crippen LogP contribution >= 0.6 is 0 Å². The van der Waals surface area contributed by atoms with E-state index in [1.807, 2.05) is 0 Å². The predicted molar refractivity (Wildman–Crippen MR) is 99.0 cm³/mol. The van der Waals surface area contributed by atoms with E-state index >= 15 is 0 Å². The Morgan fingerprint density at radius 2 is 1.35 bits per heavy atom. The molecular weight excluding hydrogens is 278 g/mol. The maximum absolute atomic E-state index is 9.70. The average Bonchev–Trinajstić information content (AvgIpc) is 2.60. The first-order chi connectivity index (χ1) is 11.3. The summed E-state index contributed by atoms with van der Waals surface area (Å²) in [5.74, 6) is 3.88. The number of nitrogens with zero attached hydrogens (tertiary/aromatic N) is 1. The van der Waals surface area contributed by atoms with Gasteiger partial charge in [0.1, 0.15) is 0 Å². The molecule has 0 bridgehead atoms. The number of nitriles is 1. The SMILES string of the molecule is CCCCC1CCC(CC(C#N)C2CCC(CCC)CC2)CC1. The second-order valence-corrected chi connectivity index (χ2v) is 8.57. The number of hydrogen-bond donors (Lipinski definition) is 0. The molecule has 1 unspecified atom stereocenters. The molecule has 132 valence electrons. The Morgan fingerprint density at radius 3 is 1.91 bits per heavy atom.